The first-order valence-electron chi connectivity index (χ1n) is 3.33. The molecule has 0 rings (SSSR count). The standard InChI is InChI=1S/C9H12FN/c1-4-8(7(3)11)6-9(10)5-2/h4-6,11H,1H2,2-3H3/b8-6+,9-5+,11-7?. The Balaban J connectivity index is 4.62. The molecule has 0 atom stereocenters. The van der Waals surface area contributed by atoms with Gasteiger partial charge in [-0.05, 0) is 25.5 Å². The van der Waals surface area contributed by atoms with E-state index in [4.69, 9.17) is 5.41 Å². The summed E-state index contributed by atoms with van der Waals surface area (Å²) in [5, 5.41) is 7.19. The van der Waals surface area contributed by atoms with Crippen LogP contribution in [0.2, 0.25) is 0 Å². The summed E-state index contributed by atoms with van der Waals surface area (Å²) in [6.45, 7) is 6.66. The Kier molecular flexibility index (Phi) is 4.11. The Morgan fingerprint density at radius 3 is 2.36 bits per heavy atom. The van der Waals surface area contributed by atoms with Crippen LogP contribution in [0, 0.1) is 5.41 Å². The molecule has 0 aliphatic rings. The Bertz CT molecular complexity index is 224. The molecule has 0 amide bonds. The lowest BCUT2D eigenvalue weighted by Crippen LogP contribution is -1.90. The van der Waals surface area contributed by atoms with Gasteiger partial charge in [-0.15, -0.1) is 0 Å². The molecular weight excluding hydrogens is 141 g/mol. The average Bonchev–Trinajstić information content (AvgIpc) is 1.99. The lowest BCUT2D eigenvalue weighted by molar-refractivity contribution is 0.664. The van der Waals surface area contributed by atoms with Crippen LogP contribution in [0.15, 0.2) is 36.2 Å². The summed E-state index contributed by atoms with van der Waals surface area (Å²) in [6, 6.07) is 0. The Morgan fingerprint density at radius 1 is 1.55 bits per heavy atom. The summed E-state index contributed by atoms with van der Waals surface area (Å²) in [6.07, 6.45) is 4.09. The summed E-state index contributed by atoms with van der Waals surface area (Å²) in [4.78, 5) is 0. The first-order chi connectivity index (χ1) is 5.11. The second-order valence-corrected chi connectivity index (χ2v) is 2.10. The maximum absolute atomic E-state index is 12.6. The summed E-state index contributed by atoms with van der Waals surface area (Å²) in [7, 11) is 0. The molecule has 0 saturated heterocycles. The zero-order chi connectivity index (χ0) is 8.85. The van der Waals surface area contributed by atoms with E-state index in [0.29, 0.717) is 11.3 Å². The fourth-order valence-electron chi connectivity index (χ4n) is 0.552. The van der Waals surface area contributed by atoms with Crippen molar-refractivity contribution in [3.05, 3.63) is 36.2 Å². The lowest BCUT2D eigenvalue weighted by atomic mass is 10.1. The first kappa shape index (κ1) is 9.82. The fourth-order valence-corrected chi connectivity index (χ4v) is 0.552. The molecule has 0 aliphatic carbocycles. The molecule has 0 aliphatic heterocycles. The minimum atomic E-state index is -0.341. The van der Waals surface area contributed by atoms with Crippen LogP contribution in [-0.2, 0) is 0 Å². The van der Waals surface area contributed by atoms with Crippen molar-refractivity contribution in [1.82, 2.24) is 0 Å². The molecule has 1 nitrogen and oxygen atoms in total. The van der Waals surface area contributed by atoms with Crippen molar-refractivity contribution in [2.24, 2.45) is 0 Å². The van der Waals surface area contributed by atoms with Gasteiger partial charge in [-0.3, -0.25) is 0 Å². The Morgan fingerprint density at radius 2 is 2.09 bits per heavy atom. The molecule has 0 bridgehead atoms. The molecule has 0 heterocycles. The normalized spacial score (nSPS) is 13.0. The molecule has 11 heavy (non-hydrogen) atoms. The zero-order valence-corrected chi connectivity index (χ0v) is 6.82. The van der Waals surface area contributed by atoms with Crippen molar-refractivity contribution >= 4 is 5.71 Å². The molecule has 0 radical (unpaired) electrons. The highest BCUT2D eigenvalue weighted by molar-refractivity contribution is 5.98. The number of nitrogens with one attached hydrogen (secondary N) is 1. The summed E-state index contributed by atoms with van der Waals surface area (Å²) in [5.41, 5.74) is 0.831. The van der Waals surface area contributed by atoms with Gasteiger partial charge in [0.2, 0.25) is 0 Å². The molecule has 0 saturated carbocycles. The number of allylic oxidation sites excluding steroid dienone is 5. The minimum Gasteiger partial charge on any atom is -0.305 e. The minimum absolute atomic E-state index is 0.317. The van der Waals surface area contributed by atoms with Crippen LogP contribution in [0.1, 0.15) is 13.8 Å². The van der Waals surface area contributed by atoms with Crippen molar-refractivity contribution in [3.63, 3.8) is 0 Å². The zero-order valence-electron chi connectivity index (χ0n) is 6.82. The van der Waals surface area contributed by atoms with Gasteiger partial charge in [0.15, 0.2) is 0 Å². The van der Waals surface area contributed by atoms with E-state index in [-0.39, 0.29) is 5.83 Å². The van der Waals surface area contributed by atoms with Gasteiger partial charge in [-0.1, -0.05) is 18.7 Å². The monoisotopic (exact) mass is 153 g/mol. The molecule has 0 spiro atoms. The summed E-state index contributed by atoms with van der Waals surface area (Å²) < 4.78 is 12.6. The van der Waals surface area contributed by atoms with Crippen molar-refractivity contribution < 1.29 is 4.39 Å². The van der Waals surface area contributed by atoms with Crippen molar-refractivity contribution in [3.8, 4) is 0 Å². The van der Waals surface area contributed by atoms with E-state index in [1.54, 1.807) is 13.8 Å². The van der Waals surface area contributed by atoms with Crippen LogP contribution in [0.4, 0.5) is 4.39 Å². The number of halogens is 1. The average molecular weight is 153 g/mol. The van der Waals surface area contributed by atoms with Crippen LogP contribution >= 0.6 is 0 Å². The van der Waals surface area contributed by atoms with Gasteiger partial charge in [0.25, 0.3) is 0 Å². The van der Waals surface area contributed by atoms with Crippen molar-refractivity contribution in [1.29, 1.82) is 5.41 Å². The Hall–Kier alpha value is -1.18. The van der Waals surface area contributed by atoms with Gasteiger partial charge in [0.1, 0.15) is 5.83 Å². The number of rotatable bonds is 3. The third-order valence-corrected chi connectivity index (χ3v) is 1.22. The quantitative estimate of drug-likeness (QED) is 0.476. The largest absolute Gasteiger partial charge is 0.305 e. The van der Waals surface area contributed by atoms with Crippen LogP contribution in [0.3, 0.4) is 0 Å². The number of hydrogen-bond acceptors (Lipinski definition) is 1. The smallest absolute Gasteiger partial charge is 0.119 e. The van der Waals surface area contributed by atoms with Crippen molar-refractivity contribution in [2.75, 3.05) is 0 Å². The van der Waals surface area contributed by atoms with Gasteiger partial charge in [-0.2, -0.15) is 0 Å². The predicted octanol–water partition coefficient (Wildman–Crippen LogP) is 3.01. The molecular formula is C9H12FN. The maximum atomic E-state index is 12.6. The highest BCUT2D eigenvalue weighted by Gasteiger charge is 1.94. The molecule has 60 valence electrons. The third kappa shape index (κ3) is 3.50. The number of hydrogen-bond donors (Lipinski definition) is 1. The molecule has 0 unspecified atom stereocenters. The Labute approximate surface area is 66.4 Å². The summed E-state index contributed by atoms with van der Waals surface area (Å²) in [5.74, 6) is -0.341. The van der Waals surface area contributed by atoms with E-state index < -0.39 is 0 Å². The highest BCUT2D eigenvalue weighted by Crippen LogP contribution is 2.05. The predicted molar refractivity (Wildman–Crippen MR) is 46.5 cm³/mol. The van der Waals surface area contributed by atoms with E-state index in [1.165, 1.54) is 18.2 Å². The van der Waals surface area contributed by atoms with Crippen LogP contribution in [-0.4, -0.2) is 5.71 Å². The van der Waals surface area contributed by atoms with E-state index in [2.05, 4.69) is 6.58 Å². The van der Waals surface area contributed by atoms with Gasteiger partial charge < -0.3 is 5.41 Å². The summed E-state index contributed by atoms with van der Waals surface area (Å²) >= 11 is 0. The van der Waals surface area contributed by atoms with Gasteiger partial charge in [0.05, 0.1) is 0 Å². The van der Waals surface area contributed by atoms with Gasteiger partial charge in [-0.25, -0.2) is 4.39 Å². The second-order valence-electron chi connectivity index (χ2n) is 2.10. The third-order valence-electron chi connectivity index (χ3n) is 1.22. The second kappa shape index (κ2) is 4.61. The van der Waals surface area contributed by atoms with Gasteiger partial charge in [0, 0.05) is 5.71 Å². The lowest BCUT2D eigenvalue weighted by Gasteiger charge is -1.95. The molecule has 1 N–H and O–H groups in total. The molecule has 0 aromatic heterocycles. The molecule has 0 aromatic carbocycles. The SMILES string of the molecule is C=C/C(=C\C(F)=C/C)C(C)=N. The van der Waals surface area contributed by atoms with Crippen LogP contribution < -0.4 is 0 Å². The first-order valence-corrected chi connectivity index (χ1v) is 3.33. The van der Waals surface area contributed by atoms with E-state index >= 15 is 0 Å². The topological polar surface area (TPSA) is 23.9 Å². The van der Waals surface area contributed by atoms with Gasteiger partial charge >= 0.3 is 0 Å². The molecule has 2 heteroatoms. The van der Waals surface area contributed by atoms with Crippen LogP contribution in [0.5, 0.6) is 0 Å². The highest BCUT2D eigenvalue weighted by atomic mass is 19.1. The molecule has 0 aromatic rings. The van der Waals surface area contributed by atoms with Crippen molar-refractivity contribution in [2.45, 2.75) is 13.8 Å². The van der Waals surface area contributed by atoms with E-state index in [0.717, 1.165) is 0 Å². The molecule has 0 fully saturated rings. The maximum Gasteiger partial charge on any atom is 0.119 e. The van der Waals surface area contributed by atoms with E-state index in [9.17, 15) is 4.39 Å². The van der Waals surface area contributed by atoms with Crippen LogP contribution in [0.25, 0.3) is 0 Å². The fraction of sp³-hybridized carbons (Fsp3) is 0.222. The van der Waals surface area contributed by atoms with E-state index in [1.807, 2.05) is 0 Å².